The predicted molar refractivity (Wildman–Crippen MR) is 88.5 cm³/mol. The molecule has 2 aromatic rings. The molecule has 25 heavy (non-hydrogen) atoms. The third-order valence-corrected chi connectivity index (χ3v) is 4.43. The fourth-order valence-corrected chi connectivity index (χ4v) is 3.13. The molecule has 2 aliphatic rings. The third kappa shape index (κ3) is 3.29. The van der Waals surface area contributed by atoms with Crippen molar-refractivity contribution in [2.24, 2.45) is 0 Å². The van der Waals surface area contributed by atoms with Gasteiger partial charge in [-0.05, 0) is 29.3 Å². The quantitative estimate of drug-likeness (QED) is 0.783. The average Bonchev–Trinajstić information content (AvgIpc) is 3.25. The van der Waals surface area contributed by atoms with E-state index in [1.54, 1.807) is 18.2 Å². The van der Waals surface area contributed by atoms with Crippen molar-refractivity contribution in [2.45, 2.75) is 18.5 Å². The molecule has 1 fully saturated rings. The normalized spacial score (nSPS) is 21.3. The Morgan fingerprint density at radius 2 is 2.04 bits per heavy atom. The predicted octanol–water partition coefficient (Wildman–Crippen LogP) is 1.43. The molecule has 2 unspecified atom stereocenters. The Bertz CT molecular complexity index is 799. The van der Waals surface area contributed by atoms with Gasteiger partial charge in [0.25, 0.3) is 0 Å². The van der Waals surface area contributed by atoms with Crippen LogP contribution in [0.4, 0.5) is 4.39 Å². The minimum Gasteiger partial charge on any atom is -0.454 e. The van der Waals surface area contributed by atoms with E-state index in [1.807, 2.05) is 18.2 Å². The van der Waals surface area contributed by atoms with Gasteiger partial charge in [0, 0.05) is 12.5 Å². The molecule has 1 amide bonds. The molecule has 3 N–H and O–H groups in total. The Kier molecular flexibility index (Phi) is 4.25. The number of benzene rings is 2. The van der Waals surface area contributed by atoms with Crippen molar-refractivity contribution in [3.63, 3.8) is 0 Å². The van der Waals surface area contributed by atoms with E-state index in [4.69, 9.17) is 9.47 Å². The Balaban J connectivity index is 1.45. The van der Waals surface area contributed by atoms with Gasteiger partial charge in [-0.3, -0.25) is 10.2 Å². The number of fused-ring (bicyclic) bond motifs is 1. The van der Waals surface area contributed by atoms with Crippen LogP contribution in [0.3, 0.4) is 0 Å². The maximum Gasteiger partial charge on any atom is 0.231 e. The highest BCUT2D eigenvalue weighted by Crippen LogP contribution is 2.35. The van der Waals surface area contributed by atoms with Crippen LogP contribution in [-0.4, -0.2) is 25.4 Å². The molecule has 4 rings (SSSR count). The summed E-state index contributed by atoms with van der Waals surface area (Å²) < 4.78 is 24.4. The topological polar surface area (TPSA) is 71.6 Å². The molecule has 0 aliphatic carbocycles. The summed E-state index contributed by atoms with van der Waals surface area (Å²) in [7, 11) is 0. The zero-order valence-electron chi connectivity index (χ0n) is 13.4. The van der Waals surface area contributed by atoms with Crippen LogP contribution >= 0.6 is 0 Å². The van der Waals surface area contributed by atoms with Crippen molar-refractivity contribution < 1.29 is 18.7 Å². The number of amides is 1. The number of hydrazine groups is 1. The fraction of sp³-hybridized carbons (Fsp3) is 0.278. The standard InChI is InChI=1S/C18H18FN3O3/c19-14-4-2-1-3-12(14)8-17(23)21-18-13(9-20-22-18)11-5-6-15-16(7-11)25-10-24-15/h1-7,13,18,20,22H,8-10H2,(H,21,23). The number of carbonyl (C=O) groups excluding carboxylic acids is 1. The van der Waals surface area contributed by atoms with Crippen molar-refractivity contribution in [1.29, 1.82) is 0 Å². The minimum absolute atomic E-state index is 0.00128. The smallest absolute Gasteiger partial charge is 0.231 e. The van der Waals surface area contributed by atoms with Gasteiger partial charge in [-0.1, -0.05) is 24.3 Å². The van der Waals surface area contributed by atoms with E-state index >= 15 is 0 Å². The van der Waals surface area contributed by atoms with Gasteiger partial charge < -0.3 is 14.8 Å². The Labute approximate surface area is 144 Å². The largest absolute Gasteiger partial charge is 0.454 e. The van der Waals surface area contributed by atoms with E-state index in [1.165, 1.54) is 6.07 Å². The summed E-state index contributed by atoms with van der Waals surface area (Å²) in [5, 5.41) is 2.92. The summed E-state index contributed by atoms with van der Waals surface area (Å²) >= 11 is 0. The van der Waals surface area contributed by atoms with Gasteiger partial charge >= 0.3 is 0 Å². The first kappa shape index (κ1) is 15.9. The van der Waals surface area contributed by atoms with Crippen LogP contribution in [0.1, 0.15) is 17.0 Å². The van der Waals surface area contributed by atoms with Crippen molar-refractivity contribution in [3.8, 4) is 11.5 Å². The monoisotopic (exact) mass is 343 g/mol. The number of hydrogen-bond donors (Lipinski definition) is 3. The van der Waals surface area contributed by atoms with Crippen LogP contribution in [0, 0.1) is 5.82 Å². The van der Waals surface area contributed by atoms with Gasteiger partial charge in [-0.15, -0.1) is 0 Å². The summed E-state index contributed by atoms with van der Waals surface area (Å²) in [6.45, 7) is 0.882. The highest BCUT2D eigenvalue weighted by atomic mass is 19.1. The lowest BCUT2D eigenvalue weighted by molar-refractivity contribution is -0.121. The molecule has 0 aromatic heterocycles. The van der Waals surface area contributed by atoms with Gasteiger partial charge in [0.2, 0.25) is 12.7 Å². The zero-order valence-corrected chi connectivity index (χ0v) is 13.4. The fourth-order valence-electron chi connectivity index (χ4n) is 3.13. The van der Waals surface area contributed by atoms with Gasteiger partial charge in [0.15, 0.2) is 11.5 Å². The van der Waals surface area contributed by atoms with Crippen LogP contribution in [-0.2, 0) is 11.2 Å². The van der Waals surface area contributed by atoms with E-state index in [-0.39, 0.29) is 37.0 Å². The molecule has 2 atom stereocenters. The van der Waals surface area contributed by atoms with E-state index in [0.717, 1.165) is 11.3 Å². The number of rotatable bonds is 4. The molecule has 130 valence electrons. The Morgan fingerprint density at radius 1 is 1.20 bits per heavy atom. The number of hydrogen-bond acceptors (Lipinski definition) is 5. The maximum absolute atomic E-state index is 13.7. The number of halogens is 1. The lowest BCUT2D eigenvalue weighted by Crippen LogP contribution is -2.46. The first-order valence-corrected chi connectivity index (χ1v) is 8.11. The average molecular weight is 343 g/mol. The molecule has 2 aromatic carbocycles. The molecule has 0 radical (unpaired) electrons. The van der Waals surface area contributed by atoms with Crippen molar-refractivity contribution in [2.75, 3.05) is 13.3 Å². The lowest BCUT2D eigenvalue weighted by atomic mass is 9.96. The van der Waals surface area contributed by atoms with E-state index in [2.05, 4.69) is 16.2 Å². The maximum atomic E-state index is 13.7. The second-order valence-corrected chi connectivity index (χ2v) is 6.06. The van der Waals surface area contributed by atoms with Crippen LogP contribution in [0.15, 0.2) is 42.5 Å². The number of nitrogens with one attached hydrogen (secondary N) is 3. The minimum atomic E-state index is -0.373. The van der Waals surface area contributed by atoms with Gasteiger partial charge in [-0.2, -0.15) is 0 Å². The summed E-state index contributed by atoms with van der Waals surface area (Å²) in [6, 6.07) is 12.1. The molecular weight excluding hydrogens is 325 g/mol. The molecule has 2 aliphatic heterocycles. The second kappa shape index (κ2) is 6.70. The summed E-state index contributed by atoms with van der Waals surface area (Å²) in [5.74, 6) is 0.849. The van der Waals surface area contributed by atoms with Crippen molar-refractivity contribution in [1.82, 2.24) is 16.2 Å². The molecular formula is C18H18FN3O3. The summed E-state index contributed by atoms with van der Waals surface area (Å²) in [5.41, 5.74) is 7.52. The molecule has 6 nitrogen and oxygen atoms in total. The van der Waals surface area contributed by atoms with Gasteiger partial charge in [0.1, 0.15) is 12.0 Å². The number of ether oxygens (including phenoxy) is 2. The van der Waals surface area contributed by atoms with Crippen molar-refractivity contribution >= 4 is 5.91 Å². The number of carbonyl (C=O) groups is 1. The first-order valence-electron chi connectivity index (χ1n) is 8.11. The molecule has 2 heterocycles. The van der Waals surface area contributed by atoms with E-state index < -0.39 is 0 Å². The molecule has 7 heteroatoms. The summed E-state index contributed by atoms with van der Waals surface area (Å²) in [6.07, 6.45) is -0.293. The van der Waals surface area contributed by atoms with E-state index in [0.29, 0.717) is 17.9 Å². The van der Waals surface area contributed by atoms with Crippen LogP contribution in [0.25, 0.3) is 0 Å². The first-order chi connectivity index (χ1) is 12.2. The summed E-state index contributed by atoms with van der Waals surface area (Å²) in [4.78, 5) is 12.3. The Hall–Kier alpha value is -2.64. The molecule has 0 spiro atoms. The third-order valence-electron chi connectivity index (χ3n) is 4.43. The second-order valence-electron chi connectivity index (χ2n) is 6.06. The lowest BCUT2D eigenvalue weighted by Gasteiger charge is -2.20. The van der Waals surface area contributed by atoms with Crippen LogP contribution in [0.2, 0.25) is 0 Å². The van der Waals surface area contributed by atoms with Gasteiger partial charge in [0.05, 0.1) is 6.42 Å². The van der Waals surface area contributed by atoms with Crippen LogP contribution in [0.5, 0.6) is 11.5 Å². The highest BCUT2D eigenvalue weighted by molar-refractivity contribution is 5.79. The molecule has 0 bridgehead atoms. The SMILES string of the molecule is O=C(Cc1ccccc1F)NC1NNCC1c1ccc2c(c1)OCO2. The van der Waals surface area contributed by atoms with Crippen molar-refractivity contribution in [3.05, 3.63) is 59.4 Å². The molecule has 1 saturated heterocycles. The zero-order chi connectivity index (χ0) is 17.2. The van der Waals surface area contributed by atoms with E-state index in [9.17, 15) is 9.18 Å². The van der Waals surface area contributed by atoms with Gasteiger partial charge in [-0.25, -0.2) is 9.82 Å². The highest BCUT2D eigenvalue weighted by Gasteiger charge is 2.30. The molecule has 0 saturated carbocycles. The van der Waals surface area contributed by atoms with Crippen LogP contribution < -0.4 is 25.6 Å². The Morgan fingerprint density at radius 3 is 2.92 bits per heavy atom.